The lowest BCUT2D eigenvalue weighted by atomic mass is 10.1. The first-order valence-corrected chi connectivity index (χ1v) is 6.18. The summed E-state index contributed by atoms with van der Waals surface area (Å²) in [5, 5.41) is 13.0. The molecule has 1 atom stereocenters. The van der Waals surface area contributed by atoms with Gasteiger partial charge in [0.05, 0.1) is 6.10 Å². The molecule has 2 rings (SSSR count). The van der Waals surface area contributed by atoms with Crippen LogP contribution in [0.3, 0.4) is 0 Å². The third-order valence-electron chi connectivity index (χ3n) is 3.07. The van der Waals surface area contributed by atoms with Gasteiger partial charge in [0.1, 0.15) is 0 Å². The van der Waals surface area contributed by atoms with Gasteiger partial charge in [0.2, 0.25) is 0 Å². The van der Waals surface area contributed by atoms with Gasteiger partial charge >= 0.3 is 0 Å². The van der Waals surface area contributed by atoms with E-state index >= 15 is 0 Å². The normalized spacial score (nSPS) is 16.6. The highest BCUT2D eigenvalue weighted by Gasteiger charge is 2.29. The van der Waals surface area contributed by atoms with Crippen molar-refractivity contribution in [1.29, 1.82) is 0 Å². The molecule has 1 fully saturated rings. The standard InChI is InChI=1S/C13H16ClNO2/c1-8-6-10(14)4-5-11(8)13(17)15-7-12(16)9-2-3-9/h4-6,9,12,16H,2-3,7H2,1H3,(H,15,17). The van der Waals surface area contributed by atoms with Crippen molar-refractivity contribution in [2.75, 3.05) is 6.54 Å². The fraction of sp³-hybridized carbons (Fsp3) is 0.462. The molecule has 1 aromatic rings. The number of aliphatic hydroxyl groups excluding tert-OH is 1. The lowest BCUT2D eigenvalue weighted by Gasteiger charge is -2.11. The van der Waals surface area contributed by atoms with Crippen LogP contribution < -0.4 is 5.32 Å². The number of aliphatic hydroxyl groups is 1. The summed E-state index contributed by atoms with van der Waals surface area (Å²) in [7, 11) is 0. The lowest BCUT2D eigenvalue weighted by molar-refractivity contribution is 0.0900. The number of aryl methyl sites for hydroxylation is 1. The molecular formula is C13H16ClNO2. The quantitative estimate of drug-likeness (QED) is 0.864. The van der Waals surface area contributed by atoms with Crippen molar-refractivity contribution in [2.45, 2.75) is 25.9 Å². The summed E-state index contributed by atoms with van der Waals surface area (Å²) in [4.78, 5) is 11.9. The lowest BCUT2D eigenvalue weighted by Crippen LogP contribution is -2.33. The van der Waals surface area contributed by atoms with Crippen molar-refractivity contribution in [3.05, 3.63) is 34.3 Å². The van der Waals surface area contributed by atoms with E-state index in [2.05, 4.69) is 5.32 Å². The Hall–Kier alpha value is -1.06. The van der Waals surface area contributed by atoms with E-state index < -0.39 is 6.10 Å². The first-order chi connectivity index (χ1) is 8.08. The number of nitrogens with one attached hydrogen (secondary N) is 1. The van der Waals surface area contributed by atoms with E-state index in [1.165, 1.54) is 0 Å². The van der Waals surface area contributed by atoms with E-state index in [1.54, 1.807) is 18.2 Å². The second-order valence-electron chi connectivity index (χ2n) is 4.57. The van der Waals surface area contributed by atoms with E-state index in [4.69, 9.17) is 11.6 Å². The largest absolute Gasteiger partial charge is 0.391 e. The highest BCUT2D eigenvalue weighted by Crippen LogP contribution is 2.32. The van der Waals surface area contributed by atoms with Crippen molar-refractivity contribution >= 4 is 17.5 Å². The van der Waals surface area contributed by atoms with Gasteiger partial charge in [-0.2, -0.15) is 0 Å². The molecule has 1 unspecified atom stereocenters. The minimum absolute atomic E-state index is 0.154. The predicted molar refractivity (Wildman–Crippen MR) is 67.3 cm³/mol. The molecular weight excluding hydrogens is 238 g/mol. The molecule has 0 bridgehead atoms. The molecule has 0 aromatic heterocycles. The molecule has 1 aliphatic carbocycles. The fourth-order valence-electron chi connectivity index (χ4n) is 1.82. The van der Waals surface area contributed by atoms with Crippen LogP contribution in [0.4, 0.5) is 0 Å². The van der Waals surface area contributed by atoms with Gasteiger partial charge in [-0.05, 0) is 49.4 Å². The Morgan fingerprint density at radius 2 is 2.29 bits per heavy atom. The molecule has 1 aliphatic rings. The Balaban J connectivity index is 1.94. The van der Waals surface area contributed by atoms with Gasteiger partial charge in [-0.1, -0.05) is 11.6 Å². The highest BCUT2D eigenvalue weighted by atomic mass is 35.5. The van der Waals surface area contributed by atoms with E-state index in [1.807, 2.05) is 6.92 Å². The van der Waals surface area contributed by atoms with Crippen LogP contribution in [-0.4, -0.2) is 23.7 Å². The van der Waals surface area contributed by atoms with Gasteiger partial charge in [0.25, 0.3) is 5.91 Å². The van der Waals surface area contributed by atoms with Crippen molar-refractivity contribution in [3.63, 3.8) is 0 Å². The number of hydrogen-bond donors (Lipinski definition) is 2. The predicted octanol–water partition coefficient (Wildman–Crippen LogP) is 2.15. The molecule has 2 N–H and O–H groups in total. The number of carbonyl (C=O) groups excluding carboxylic acids is 1. The van der Waals surface area contributed by atoms with Crippen LogP contribution >= 0.6 is 11.6 Å². The minimum Gasteiger partial charge on any atom is -0.391 e. The van der Waals surface area contributed by atoms with Crippen molar-refractivity contribution < 1.29 is 9.90 Å². The maximum absolute atomic E-state index is 11.9. The number of carbonyl (C=O) groups is 1. The van der Waals surface area contributed by atoms with Crippen LogP contribution in [0, 0.1) is 12.8 Å². The molecule has 17 heavy (non-hydrogen) atoms. The van der Waals surface area contributed by atoms with E-state index in [0.717, 1.165) is 18.4 Å². The SMILES string of the molecule is Cc1cc(Cl)ccc1C(=O)NCC(O)C1CC1. The Kier molecular flexibility index (Phi) is 3.69. The van der Waals surface area contributed by atoms with E-state index in [9.17, 15) is 9.90 Å². The molecule has 0 aliphatic heterocycles. The number of benzene rings is 1. The molecule has 0 radical (unpaired) electrons. The van der Waals surface area contributed by atoms with Crippen molar-refractivity contribution in [2.24, 2.45) is 5.92 Å². The maximum Gasteiger partial charge on any atom is 0.251 e. The zero-order valence-electron chi connectivity index (χ0n) is 9.74. The topological polar surface area (TPSA) is 49.3 Å². The molecule has 1 aromatic carbocycles. The van der Waals surface area contributed by atoms with Crippen LogP contribution in [0.5, 0.6) is 0 Å². The summed E-state index contributed by atoms with van der Waals surface area (Å²) in [5.74, 6) is 0.223. The average molecular weight is 254 g/mol. The first kappa shape index (κ1) is 12.4. The summed E-state index contributed by atoms with van der Waals surface area (Å²) in [6.45, 7) is 2.17. The molecule has 0 saturated heterocycles. The average Bonchev–Trinajstić information content (AvgIpc) is 3.09. The molecule has 1 amide bonds. The molecule has 0 spiro atoms. The summed E-state index contributed by atoms with van der Waals surface area (Å²) in [6.07, 6.45) is 1.72. The number of hydrogen-bond acceptors (Lipinski definition) is 2. The van der Waals surface area contributed by atoms with Gasteiger partial charge in [0, 0.05) is 17.1 Å². The Labute approximate surface area is 106 Å². The summed E-state index contributed by atoms with van der Waals surface area (Å²) >= 11 is 5.83. The van der Waals surface area contributed by atoms with Crippen LogP contribution in [0.25, 0.3) is 0 Å². The van der Waals surface area contributed by atoms with E-state index in [0.29, 0.717) is 23.0 Å². The zero-order valence-corrected chi connectivity index (χ0v) is 10.5. The molecule has 4 heteroatoms. The van der Waals surface area contributed by atoms with E-state index in [-0.39, 0.29) is 5.91 Å². The molecule has 1 saturated carbocycles. The number of halogens is 1. The summed E-state index contributed by atoms with van der Waals surface area (Å²) < 4.78 is 0. The first-order valence-electron chi connectivity index (χ1n) is 5.80. The monoisotopic (exact) mass is 253 g/mol. The van der Waals surface area contributed by atoms with Gasteiger partial charge in [0.15, 0.2) is 0 Å². The van der Waals surface area contributed by atoms with Crippen LogP contribution in [-0.2, 0) is 0 Å². The van der Waals surface area contributed by atoms with Gasteiger partial charge in [-0.15, -0.1) is 0 Å². The number of rotatable bonds is 4. The molecule has 3 nitrogen and oxygen atoms in total. The third kappa shape index (κ3) is 3.20. The second kappa shape index (κ2) is 5.07. The van der Waals surface area contributed by atoms with Crippen LogP contribution in [0.2, 0.25) is 5.02 Å². The zero-order chi connectivity index (χ0) is 12.4. The van der Waals surface area contributed by atoms with Crippen LogP contribution in [0.15, 0.2) is 18.2 Å². The third-order valence-corrected chi connectivity index (χ3v) is 3.31. The Morgan fingerprint density at radius 1 is 1.59 bits per heavy atom. The minimum atomic E-state index is -0.411. The summed E-state index contributed by atoms with van der Waals surface area (Å²) in [5.41, 5.74) is 1.45. The van der Waals surface area contributed by atoms with Gasteiger partial charge in [-0.3, -0.25) is 4.79 Å². The maximum atomic E-state index is 11.9. The Morgan fingerprint density at radius 3 is 2.88 bits per heavy atom. The molecule has 92 valence electrons. The molecule has 0 heterocycles. The van der Waals surface area contributed by atoms with Gasteiger partial charge < -0.3 is 10.4 Å². The Bertz CT molecular complexity index is 429. The van der Waals surface area contributed by atoms with Crippen molar-refractivity contribution in [3.8, 4) is 0 Å². The number of amides is 1. The fourth-order valence-corrected chi connectivity index (χ4v) is 2.05. The second-order valence-corrected chi connectivity index (χ2v) is 5.01. The highest BCUT2D eigenvalue weighted by molar-refractivity contribution is 6.30. The summed E-state index contributed by atoms with van der Waals surface area (Å²) in [6, 6.07) is 5.16. The smallest absolute Gasteiger partial charge is 0.251 e. The van der Waals surface area contributed by atoms with Crippen LogP contribution in [0.1, 0.15) is 28.8 Å². The van der Waals surface area contributed by atoms with Crippen molar-refractivity contribution in [1.82, 2.24) is 5.32 Å². The van der Waals surface area contributed by atoms with Gasteiger partial charge in [-0.25, -0.2) is 0 Å².